The van der Waals surface area contributed by atoms with E-state index in [0.717, 1.165) is 9.48 Å². The van der Waals surface area contributed by atoms with Gasteiger partial charge in [0, 0.05) is 15.9 Å². The molecule has 2 aromatic rings. The van der Waals surface area contributed by atoms with Crippen molar-refractivity contribution < 1.29 is 0 Å². The minimum absolute atomic E-state index is 0.142. The molecule has 108 valence electrons. The molecule has 0 saturated carbocycles. The van der Waals surface area contributed by atoms with E-state index in [0.29, 0.717) is 12.0 Å². The predicted octanol–water partition coefficient (Wildman–Crippen LogP) is 5.12. The summed E-state index contributed by atoms with van der Waals surface area (Å²) in [5.41, 5.74) is 2.42. The van der Waals surface area contributed by atoms with Crippen molar-refractivity contribution in [2.24, 2.45) is 0 Å². The topological polar surface area (TPSA) is 24.9 Å². The van der Waals surface area contributed by atoms with Crippen molar-refractivity contribution in [1.29, 1.82) is 0 Å². The lowest BCUT2D eigenvalue weighted by Gasteiger charge is -2.21. The molecule has 0 radical (unpaired) electrons. The predicted molar refractivity (Wildman–Crippen MR) is 90.5 cm³/mol. The Morgan fingerprint density at radius 1 is 1.15 bits per heavy atom. The number of hydrogen-bond donors (Lipinski definition) is 1. The van der Waals surface area contributed by atoms with Crippen molar-refractivity contribution in [2.75, 3.05) is 0 Å². The Kier molecular flexibility index (Phi) is 5.35. The van der Waals surface area contributed by atoms with E-state index in [1.54, 1.807) is 11.3 Å². The molecular weight excluding hydrogens is 332 g/mol. The first-order chi connectivity index (χ1) is 9.49. The van der Waals surface area contributed by atoms with Crippen molar-refractivity contribution in [3.63, 3.8) is 0 Å². The van der Waals surface area contributed by atoms with Gasteiger partial charge in [-0.15, -0.1) is 11.3 Å². The molecule has 0 aliphatic carbocycles. The van der Waals surface area contributed by atoms with Crippen LogP contribution in [0.3, 0.4) is 0 Å². The van der Waals surface area contributed by atoms with Crippen molar-refractivity contribution in [2.45, 2.75) is 45.7 Å². The maximum Gasteiger partial charge on any atom is 0.114 e. The summed E-state index contributed by atoms with van der Waals surface area (Å²) in [6.45, 7) is 8.70. The second-order valence-corrected chi connectivity index (χ2v) is 7.29. The minimum Gasteiger partial charge on any atom is -0.302 e. The Balaban J connectivity index is 2.39. The van der Waals surface area contributed by atoms with Crippen LogP contribution in [0.1, 0.15) is 55.9 Å². The largest absolute Gasteiger partial charge is 0.302 e. The number of nitrogens with one attached hydrogen (secondary N) is 1. The van der Waals surface area contributed by atoms with Gasteiger partial charge in [0.05, 0.1) is 11.7 Å². The van der Waals surface area contributed by atoms with Crippen LogP contribution >= 0.6 is 27.3 Å². The molecule has 1 unspecified atom stereocenters. The van der Waals surface area contributed by atoms with Gasteiger partial charge in [-0.05, 0) is 31.4 Å². The minimum atomic E-state index is 0.142. The Morgan fingerprint density at radius 3 is 2.40 bits per heavy atom. The van der Waals surface area contributed by atoms with Gasteiger partial charge in [0.25, 0.3) is 0 Å². The third-order valence-corrected chi connectivity index (χ3v) is 4.74. The van der Waals surface area contributed by atoms with Gasteiger partial charge in [0.2, 0.25) is 0 Å². The molecule has 20 heavy (non-hydrogen) atoms. The van der Waals surface area contributed by atoms with Gasteiger partial charge in [-0.3, -0.25) is 0 Å². The fourth-order valence-electron chi connectivity index (χ4n) is 2.04. The second kappa shape index (κ2) is 6.83. The van der Waals surface area contributed by atoms with E-state index in [-0.39, 0.29) is 6.04 Å². The molecule has 2 rings (SSSR count). The van der Waals surface area contributed by atoms with Crippen LogP contribution < -0.4 is 5.32 Å². The zero-order chi connectivity index (χ0) is 14.7. The molecule has 0 fully saturated rings. The van der Waals surface area contributed by atoms with Gasteiger partial charge >= 0.3 is 0 Å². The van der Waals surface area contributed by atoms with Gasteiger partial charge in [0.15, 0.2) is 0 Å². The summed E-state index contributed by atoms with van der Waals surface area (Å²) in [6, 6.07) is 8.90. The Bertz CT molecular complexity index is 563. The number of rotatable bonds is 5. The number of aromatic nitrogens is 1. The van der Waals surface area contributed by atoms with Crippen LogP contribution in [0.25, 0.3) is 0 Å². The third-order valence-electron chi connectivity index (χ3n) is 3.09. The molecule has 1 N–H and O–H groups in total. The lowest BCUT2D eigenvalue weighted by Crippen LogP contribution is -2.29. The van der Waals surface area contributed by atoms with Gasteiger partial charge in [-0.25, -0.2) is 4.98 Å². The highest BCUT2D eigenvalue weighted by atomic mass is 79.9. The fourth-order valence-corrected chi connectivity index (χ4v) is 3.60. The summed E-state index contributed by atoms with van der Waals surface area (Å²) in [5, 5.41) is 6.93. The van der Waals surface area contributed by atoms with E-state index in [2.05, 4.69) is 72.5 Å². The number of benzene rings is 1. The summed E-state index contributed by atoms with van der Waals surface area (Å²) >= 11 is 5.39. The van der Waals surface area contributed by atoms with Crippen molar-refractivity contribution in [3.05, 3.63) is 50.4 Å². The zero-order valence-corrected chi connectivity index (χ0v) is 14.8. The zero-order valence-electron chi connectivity index (χ0n) is 12.4. The number of halogens is 1. The van der Waals surface area contributed by atoms with E-state index in [1.807, 2.05) is 6.07 Å². The van der Waals surface area contributed by atoms with Crippen LogP contribution in [0.4, 0.5) is 0 Å². The standard InChI is InChI=1S/C16H21BrN2S/c1-10(2)14-9-20-16(19-14)15(18-11(3)4)12-7-5-6-8-13(12)17/h5-11,15,18H,1-4H3. The lowest BCUT2D eigenvalue weighted by molar-refractivity contribution is 0.524. The fraction of sp³-hybridized carbons (Fsp3) is 0.438. The Morgan fingerprint density at radius 2 is 1.85 bits per heavy atom. The molecular formula is C16H21BrN2S. The van der Waals surface area contributed by atoms with Gasteiger partial charge < -0.3 is 5.32 Å². The first-order valence-corrected chi connectivity index (χ1v) is 8.62. The highest BCUT2D eigenvalue weighted by Gasteiger charge is 2.21. The van der Waals surface area contributed by atoms with E-state index < -0.39 is 0 Å². The van der Waals surface area contributed by atoms with Gasteiger partial charge in [0.1, 0.15) is 5.01 Å². The lowest BCUT2D eigenvalue weighted by atomic mass is 10.1. The summed E-state index contributed by atoms with van der Waals surface area (Å²) in [4.78, 5) is 4.82. The van der Waals surface area contributed by atoms with E-state index in [4.69, 9.17) is 4.98 Å². The van der Waals surface area contributed by atoms with Crippen molar-refractivity contribution >= 4 is 27.3 Å². The molecule has 1 atom stereocenters. The van der Waals surface area contributed by atoms with Gasteiger partial charge in [-0.1, -0.05) is 48.0 Å². The highest BCUT2D eigenvalue weighted by molar-refractivity contribution is 9.10. The highest BCUT2D eigenvalue weighted by Crippen LogP contribution is 2.32. The monoisotopic (exact) mass is 352 g/mol. The molecule has 4 heteroatoms. The molecule has 0 aliphatic rings. The first kappa shape index (κ1) is 15.7. The normalized spacial score (nSPS) is 13.2. The number of hydrogen-bond acceptors (Lipinski definition) is 3. The van der Waals surface area contributed by atoms with Crippen LogP contribution in [0.15, 0.2) is 34.1 Å². The molecule has 2 nitrogen and oxygen atoms in total. The molecule has 1 aromatic heterocycles. The van der Waals surface area contributed by atoms with Gasteiger partial charge in [-0.2, -0.15) is 0 Å². The van der Waals surface area contributed by atoms with E-state index in [9.17, 15) is 0 Å². The molecule has 0 bridgehead atoms. The SMILES string of the molecule is CC(C)NC(c1nc(C(C)C)cs1)c1ccccc1Br. The quantitative estimate of drug-likeness (QED) is 0.807. The molecule has 1 aromatic carbocycles. The van der Waals surface area contributed by atoms with Crippen LogP contribution in [-0.2, 0) is 0 Å². The third kappa shape index (κ3) is 3.68. The van der Waals surface area contributed by atoms with Crippen molar-refractivity contribution in [1.82, 2.24) is 10.3 Å². The van der Waals surface area contributed by atoms with E-state index in [1.165, 1.54) is 11.3 Å². The summed E-state index contributed by atoms with van der Waals surface area (Å²) in [5.74, 6) is 0.471. The molecule has 0 spiro atoms. The second-order valence-electron chi connectivity index (χ2n) is 5.54. The average Bonchev–Trinajstić information content (AvgIpc) is 2.86. The maximum absolute atomic E-state index is 4.82. The summed E-state index contributed by atoms with van der Waals surface area (Å²) in [7, 11) is 0. The number of nitrogens with zero attached hydrogens (tertiary/aromatic N) is 1. The van der Waals surface area contributed by atoms with Crippen LogP contribution in [0.5, 0.6) is 0 Å². The molecule has 0 saturated heterocycles. The average molecular weight is 353 g/mol. The van der Waals surface area contributed by atoms with Crippen LogP contribution in [-0.4, -0.2) is 11.0 Å². The van der Waals surface area contributed by atoms with Crippen LogP contribution in [0.2, 0.25) is 0 Å². The van der Waals surface area contributed by atoms with Crippen molar-refractivity contribution in [3.8, 4) is 0 Å². The molecule has 0 aliphatic heterocycles. The Hall–Kier alpha value is -0.710. The number of thiazole rings is 1. The maximum atomic E-state index is 4.82. The molecule has 0 amide bonds. The smallest absolute Gasteiger partial charge is 0.114 e. The first-order valence-electron chi connectivity index (χ1n) is 6.94. The van der Waals surface area contributed by atoms with E-state index >= 15 is 0 Å². The van der Waals surface area contributed by atoms with Crippen LogP contribution in [0, 0.1) is 0 Å². The molecule has 1 heterocycles. The summed E-state index contributed by atoms with van der Waals surface area (Å²) in [6.07, 6.45) is 0. The summed E-state index contributed by atoms with van der Waals surface area (Å²) < 4.78 is 1.12. The Labute approximate surface area is 133 Å².